The molecule has 0 fully saturated rings. The fourth-order valence-corrected chi connectivity index (χ4v) is 1.63. The van der Waals surface area contributed by atoms with E-state index >= 15 is 0 Å². The Balaban J connectivity index is 2.78. The molecule has 2 nitrogen and oxygen atoms in total. The van der Waals surface area contributed by atoms with Crippen LogP contribution in [0.1, 0.15) is 37.9 Å². The van der Waals surface area contributed by atoms with Crippen molar-refractivity contribution in [3.05, 3.63) is 35.4 Å². The standard InChI is InChI=1S/C13H18BrNO/c1-9-7-5-6-8-11(9)10(2)15-12(16)13(3,4)14/h5-8,10H,1-4H3,(H,15,16)/t10-/m0/s1. The number of carbonyl (C=O) groups is 1. The molecule has 3 heteroatoms. The second-order valence-electron chi connectivity index (χ2n) is 4.52. The number of benzene rings is 1. The van der Waals surface area contributed by atoms with Crippen LogP contribution in [0.3, 0.4) is 0 Å². The zero-order valence-corrected chi connectivity index (χ0v) is 11.8. The van der Waals surface area contributed by atoms with Gasteiger partial charge in [-0.2, -0.15) is 0 Å². The fraction of sp³-hybridized carbons (Fsp3) is 0.462. The van der Waals surface area contributed by atoms with Gasteiger partial charge in [-0.1, -0.05) is 40.2 Å². The number of nitrogens with one attached hydrogen (secondary N) is 1. The quantitative estimate of drug-likeness (QED) is 0.847. The van der Waals surface area contributed by atoms with E-state index in [0.29, 0.717) is 0 Å². The van der Waals surface area contributed by atoms with Crippen LogP contribution in [-0.2, 0) is 4.79 Å². The number of aryl methyl sites for hydroxylation is 1. The molecule has 0 bridgehead atoms. The molecule has 1 atom stereocenters. The van der Waals surface area contributed by atoms with Gasteiger partial charge >= 0.3 is 0 Å². The summed E-state index contributed by atoms with van der Waals surface area (Å²) in [5.74, 6) is 0.00301. The maximum absolute atomic E-state index is 11.8. The van der Waals surface area contributed by atoms with E-state index in [0.717, 1.165) is 5.56 Å². The smallest absolute Gasteiger partial charge is 0.236 e. The molecule has 0 aromatic heterocycles. The molecule has 0 unspecified atom stereocenters. The summed E-state index contributed by atoms with van der Waals surface area (Å²) in [5.41, 5.74) is 2.36. The molecule has 0 saturated carbocycles. The number of rotatable bonds is 3. The van der Waals surface area contributed by atoms with Gasteiger partial charge in [-0.15, -0.1) is 0 Å². The van der Waals surface area contributed by atoms with Crippen molar-refractivity contribution in [1.82, 2.24) is 5.32 Å². The molecule has 0 radical (unpaired) electrons. The number of amides is 1. The lowest BCUT2D eigenvalue weighted by atomic mass is 10.0. The summed E-state index contributed by atoms with van der Waals surface area (Å²) in [6.07, 6.45) is 0. The van der Waals surface area contributed by atoms with Crippen LogP contribution in [0.15, 0.2) is 24.3 Å². The van der Waals surface area contributed by atoms with Gasteiger partial charge in [0.2, 0.25) is 5.91 Å². The number of carbonyl (C=O) groups excluding carboxylic acids is 1. The molecule has 0 aliphatic heterocycles. The Morgan fingerprint density at radius 2 is 1.94 bits per heavy atom. The first-order valence-corrected chi connectivity index (χ1v) is 6.17. The van der Waals surface area contributed by atoms with Crippen molar-refractivity contribution in [2.75, 3.05) is 0 Å². The van der Waals surface area contributed by atoms with Crippen LogP contribution in [0, 0.1) is 6.92 Å². The van der Waals surface area contributed by atoms with E-state index in [2.05, 4.69) is 34.2 Å². The Labute approximate surface area is 106 Å². The minimum atomic E-state index is -0.524. The molecule has 0 aliphatic rings. The first-order chi connectivity index (χ1) is 7.32. The Morgan fingerprint density at radius 1 is 1.38 bits per heavy atom. The predicted molar refractivity (Wildman–Crippen MR) is 70.7 cm³/mol. The largest absolute Gasteiger partial charge is 0.348 e. The second kappa shape index (κ2) is 5.00. The maximum atomic E-state index is 11.8. The van der Waals surface area contributed by atoms with Gasteiger partial charge in [0.05, 0.1) is 10.4 Å². The number of hydrogen-bond donors (Lipinski definition) is 1. The lowest BCUT2D eigenvalue weighted by Crippen LogP contribution is -2.39. The van der Waals surface area contributed by atoms with Crippen LogP contribution in [0.25, 0.3) is 0 Å². The van der Waals surface area contributed by atoms with Crippen molar-refractivity contribution in [2.24, 2.45) is 0 Å². The van der Waals surface area contributed by atoms with Gasteiger partial charge in [0.15, 0.2) is 0 Å². The maximum Gasteiger partial charge on any atom is 0.236 e. The van der Waals surface area contributed by atoms with E-state index in [1.54, 1.807) is 0 Å². The van der Waals surface area contributed by atoms with E-state index in [-0.39, 0.29) is 11.9 Å². The summed E-state index contributed by atoms with van der Waals surface area (Å²) in [6, 6.07) is 8.12. The van der Waals surface area contributed by atoms with E-state index in [9.17, 15) is 4.79 Å². The topological polar surface area (TPSA) is 29.1 Å². The van der Waals surface area contributed by atoms with Crippen molar-refractivity contribution in [3.63, 3.8) is 0 Å². The van der Waals surface area contributed by atoms with Gasteiger partial charge < -0.3 is 5.32 Å². The van der Waals surface area contributed by atoms with Gasteiger partial charge in [-0.3, -0.25) is 4.79 Å². The molecule has 1 rings (SSSR count). The minimum Gasteiger partial charge on any atom is -0.348 e. The SMILES string of the molecule is Cc1ccccc1[C@H](C)NC(=O)C(C)(C)Br. The van der Waals surface area contributed by atoms with Gasteiger partial charge in [0.25, 0.3) is 0 Å². The van der Waals surface area contributed by atoms with Crippen LogP contribution in [0.2, 0.25) is 0 Å². The molecule has 1 aromatic rings. The highest BCUT2D eigenvalue weighted by Gasteiger charge is 2.25. The molecule has 0 saturated heterocycles. The molecule has 88 valence electrons. The Hall–Kier alpha value is -0.830. The van der Waals surface area contributed by atoms with Gasteiger partial charge in [0, 0.05) is 0 Å². The van der Waals surface area contributed by atoms with E-state index in [1.807, 2.05) is 39.0 Å². The lowest BCUT2D eigenvalue weighted by Gasteiger charge is -2.21. The average Bonchev–Trinajstić information content (AvgIpc) is 2.16. The minimum absolute atomic E-state index is 0.00301. The molecular weight excluding hydrogens is 266 g/mol. The third-order valence-electron chi connectivity index (χ3n) is 2.54. The monoisotopic (exact) mass is 283 g/mol. The third kappa shape index (κ3) is 3.34. The summed E-state index contributed by atoms with van der Waals surface area (Å²) >= 11 is 3.35. The molecule has 1 N–H and O–H groups in total. The molecule has 1 aromatic carbocycles. The van der Waals surface area contributed by atoms with Crippen LogP contribution in [0.4, 0.5) is 0 Å². The Kier molecular flexibility index (Phi) is 4.14. The first kappa shape index (κ1) is 13.2. The summed E-state index contributed by atoms with van der Waals surface area (Å²) in [5, 5.41) is 2.99. The highest BCUT2D eigenvalue weighted by Crippen LogP contribution is 2.20. The van der Waals surface area contributed by atoms with Crippen LogP contribution < -0.4 is 5.32 Å². The van der Waals surface area contributed by atoms with Crippen LogP contribution in [0.5, 0.6) is 0 Å². The third-order valence-corrected chi connectivity index (χ3v) is 2.90. The van der Waals surface area contributed by atoms with E-state index < -0.39 is 4.32 Å². The van der Waals surface area contributed by atoms with Crippen molar-refractivity contribution < 1.29 is 4.79 Å². The van der Waals surface area contributed by atoms with Gasteiger partial charge in [-0.25, -0.2) is 0 Å². The molecule has 1 amide bonds. The lowest BCUT2D eigenvalue weighted by molar-refractivity contribution is -0.123. The van der Waals surface area contributed by atoms with Gasteiger partial charge in [-0.05, 0) is 38.8 Å². The normalized spacial score (nSPS) is 13.3. The number of hydrogen-bond acceptors (Lipinski definition) is 1. The zero-order valence-electron chi connectivity index (χ0n) is 10.2. The van der Waals surface area contributed by atoms with Crippen molar-refractivity contribution in [2.45, 2.75) is 38.1 Å². The Bertz CT molecular complexity index is 382. The summed E-state index contributed by atoms with van der Waals surface area (Å²) in [7, 11) is 0. The Morgan fingerprint density at radius 3 is 2.44 bits per heavy atom. The fourth-order valence-electron chi connectivity index (χ4n) is 1.52. The van der Waals surface area contributed by atoms with Gasteiger partial charge in [0.1, 0.15) is 0 Å². The molecule has 0 aliphatic carbocycles. The van der Waals surface area contributed by atoms with Crippen molar-refractivity contribution in [3.8, 4) is 0 Å². The average molecular weight is 284 g/mol. The van der Waals surface area contributed by atoms with Crippen molar-refractivity contribution in [1.29, 1.82) is 0 Å². The predicted octanol–water partition coefficient (Wildman–Crippen LogP) is 3.35. The first-order valence-electron chi connectivity index (χ1n) is 5.38. The van der Waals surface area contributed by atoms with Crippen LogP contribution >= 0.6 is 15.9 Å². The highest BCUT2D eigenvalue weighted by molar-refractivity contribution is 9.10. The summed E-state index contributed by atoms with van der Waals surface area (Å²) in [6.45, 7) is 7.73. The zero-order chi connectivity index (χ0) is 12.3. The molecule has 16 heavy (non-hydrogen) atoms. The molecule has 0 spiro atoms. The van der Waals surface area contributed by atoms with Crippen molar-refractivity contribution >= 4 is 21.8 Å². The number of halogens is 1. The van der Waals surface area contributed by atoms with Crippen LogP contribution in [-0.4, -0.2) is 10.2 Å². The van der Waals surface area contributed by atoms with E-state index in [4.69, 9.17) is 0 Å². The summed E-state index contributed by atoms with van der Waals surface area (Å²) < 4.78 is -0.524. The van der Waals surface area contributed by atoms with E-state index in [1.165, 1.54) is 5.56 Å². The number of alkyl halides is 1. The second-order valence-corrected chi connectivity index (χ2v) is 6.51. The molecular formula is C13H18BrNO. The molecule has 0 heterocycles. The highest BCUT2D eigenvalue weighted by atomic mass is 79.9. The summed E-state index contributed by atoms with van der Waals surface area (Å²) in [4.78, 5) is 11.8.